The first-order valence-electron chi connectivity index (χ1n) is 18.4. The molecule has 0 aromatic carbocycles. The fourth-order valence-corrected chi connectivity index (χ4v) is 11.8. The Labute approximate surface area is 330 Å². The number of fused-ring (bicyclic) bond motifs is 10. The minimum absolute atomic E-state index is 0.154. The van der Waals surface area contributed by atoms with Gasteiger partial charge in [0.25, 0.3) is 0 Å². The highest BCUT2D eigenvalue weighted by molar-refractivity contribution is 9.10. The standard InChI is InChI=1S/2C20H22BrNO5/c2*1-10(23)27-20-7-3-4-11(17(20)21)8-15(26-2)12-5-6-13-16(14(12)9-20)19(25)22-18(13)24/h2*5-6,8,13-14,16-17H,3-4,7,9H2,1-2H3,(H,22,24,25)/b2*11-8-,15-12+/t2*13-,14+,16-,17+,20-/m11/s1. The third kappa shape index (κ3) is 6.54. The predicted octanol–water partition coefficient (Wildman–Crippen LogP) is 5.08. The van der Waals surface area contributed by atoms with Gasteiger partial charge in [0.1, 0.15) is 22.7 Å². The number of rotatable bonds is 4. The summed E-state index contributed by atoms with van der Waals surface area (Å²) in [6.45, 7) is 2.83. The summed E-state index contributed by atoms with van der Waals surface area (Å²) in [4.78, 5) is 73.1. The van der Waals surface area contributed by atoms with Crippen LogP contribution in [0.2, 0.25) is 0 Å². The number of imide groups is 2. The van der Waals surface area contributed by atoms with E-state index in [4.69, 9.17) is 18.9 Å². The number of methoxy groups -OCH3 is 2. The monoisotopic (exact) mass is 870 g/mol. The Morgan fingerprint density at radius 1 is 0.667 bits per heavy atom. The fourth-order valence-electron chi connectivity index (χ4n) is 10.1. The second-order valence-electron chi connectivity index (χ2n) is 15.4. The van der Waals surface area contributed by atoms with Crippen molar-refractivity contribution in [2.75, 3.05) is 14.2 Å². The molecule has 0 radical (unpaired) electrons. The first-order chi connectivity index (χ1) is 25.7. The second kappa shape index (κ2) is 14.7. The lowest BCUT2D eigenvalue weighted by atomic mass is 9.65. The van der Waals surface area contributed by atoms with E-state index < -0.39 is 34.9 Å². The van der Waals surface area contributed by atoms with Gasteiger partial charge in [-0.15, -0.1) is 0 Å². The SMILES string of the molecule is COC1=C2\C=C[C@H]3C(=O)NC(=O)[C@H]3[C@H]2C[C@]2(OC(C)=O)CCC\C(=C\1)[C@@H]2Br.COC1=C2\C=C[C@H]3C(=O)NC(=O)[C@H]3[C@H]2C[C@]2(OC(C)=O)CCC\C(=C\1)[C@@H]2Br. The molecule has 8 rings (SSSR count). The van der Waals surface area contributed by atoms with Crippen molar-refractivity contribution in [2.24, 2.45) is 35.5 Å². The highest BCUT2D eigenvalue weighted by atomic mass is 79.9. The summed E-state index contributed by atoms with van der Waals surface area (Å²) in [6.07, 6.45) is 17.3. The van der Waals surface area contributed by atoms with E-state index in [1.165, 1.54) is 13.8 Å². The zero-order valence-corrected chi connectivity index (χ0v) is 33.8. The summed E-state index contributed by atoms with van der Waals surface area (Å²) in [7, 11) is 3.23. The van der Waals surface area contributed by atoms with Crippen molar-refractivity contribution >= 4 is 67.4 Å². The van der Waals surface area contributed by atoms with Gasteiger partial charge in [0.05, 0.1) is 47.5 Å². The van der Waals surface area contributed by atoms with Gasteiger partial charge < -0.3 is 18.9 Å². The molecule has 288 valence electrons. The Hall–Kier alpha value is -3.78. The molecular formula is C40H44Br2N2O10. The van der Waals surface area contributed by atoms with Crippen LogP contribution in [-0.2, 0) is 47.7 Å². The molecule has 54 heavy (non-hydrogen) atoms. The molecule has 2 N–H and O–H groups in total. The van der Waals surface area contributed by atoms with Crippen molar-refractivity contribution < 1.29 is 47.7 Å². The van der Waals surface area contributed by atoms with Gasteiger partial charge in [-0.05, 0) is 85.8 Å². The molecule has 0 aromatic heterocycles. The largest absolute Gasteiger partial charge is 0.496 e. The van der Waals surface area contributed by atoms with Crippen molar-refractivity contribution in [3.8, 4) is 0 Å². The summed E-state index contributed by atoms with van der Waals surface area (Å²) in [5.74, 6) is -2.85. The third-order valence-corrected chi connectivity index (χ3v) is 15.1. The highest BCUT2D eigenvalue weighted by Gasteiger charge is 2.56. The zero-order chi connectivity index (χ0) is 38.7. The van der Waals surface area contributed by atoms with E-state index in [9.17, 15) is 28.8 Å². The number of hydrogen-bond acceptors (Lipinski definition) is 10. The van der Waals surface area contributed by atoms with Gasteiger partial charge in [-0.25, -0.2) is 0 Å². The molecule has 2 heterocycles. The number of alkyl halides is 2. The van der Waals surface area contributed by atoms with E-state index in [2.05, 4.69) is 42.5 Å². The summed E-state index contributed by atoms with van der Waals surface area (Å²) >= 11 is 7.53. The number of ether oxygens (including phenoxy) is 4. The van der Waals surface area contributed by atoms with E-state index in [1.807, 2.05) is 24.3 Å². The predicted molar refractivity (Wildman–Crippen MR) is 201 cm³/mol. The summed E-state index contributed by atoms with van der Waals surface area (Å²) in [5.41, 5.74) is 2.53. The maximum atomic E-state index is 12.6. The Balaban J connectivity index is 0.000000167. The Bertz CT molecular complexity index is 1760. The summed E-state index contributed by atoms with van der Waals surface area (Å²) in [6, 6.07) is 0. The topological polar surface area (TPSA) is 163 Å². The van der Waals surface area contributed by atoms with E-state index in [0.29, 0.717) is 37.2 Å². The molecule has 0 aromatic rings. The van der Waals surface area contributed by atoms with Gasteiger partial charge in [-0.3, -0.25) is 39.4 Å². The van der Waals surface area contributed by atoms with Crippen LogP contribution < -0.4 is 10.6 Å². The number of halogens is 2. The molecular weight excluding hydrogens is 828 g/mol. The molecule has 2 saturated carbocycles. The number of allylic oxidation sites excluding steroid dienone is 6. The van der Waals surface area contributed by atoms with Gasteiger partial charge >= 0.3 is 11.9 Å². The lowest BCUT2D eigenvalue weighted by Gasteiger charge is -2.46. The highest BCUT2D eigenvalue weighted by Crippen LogP contribution is 2.53. The minimum Gasteiger partial charge on any atom is -0.496 e. The molecule has 2 saturated heterocycles. The van der Waals surface area contributed by atoms with Crippen LogP contribution in [0.25, 0.3) is 0 Å². The minimum atomic E-state index is -0.743. The quantitative estimate of drug-likeness (QED) is 0.221. The number of esters is 2. The Morgan fingerprint density at radius 3 is 1.41 bits per heavy atom. The van der Waals surface area contributed by atoms with Crippen molar-refractivity contribution in [3.05, 3.63) is 70.3 Å². The molecule has 6 aliphatic carbocycles. The molecule has 2 aliphatic heterocycles. The number of amides is 4. The summed E-state index contributed by atoms with van der Waals surface area (Å²) in [5, 5.41) is 4.91. The number of carbonyl (C=O) groups is 6. The van der Waals surface area contributed by atoms with Crippen LogP contribution in [-0.4, -0.2) is 70.6 Å². The smallest absolute Gasteiger partial charge is 0.303 e. The molecule has 8 aliphatic rings. The molecule has 0 spiro atoms. The summed E-state index contributed by atoms with van der Waals surface area (Å²) < 4.78 is 23.1. The Morgan fingerprint density at radius 2 is 1.06 bits per heavy atom. The number of carbonyl (C=O) groups excluding carboxylic acids is 6. The average molecular weight is 873 g/mol. The maximum Gasteiger partial charge on any atom is 0.303 e. The van der Waals surface area contributed by atoms with E-state index in [1.54, 1.807) is 26.4 Å². The molecule has 4 bridgehead atoms. The average Bonchev–Trinajstić information content (AvgIpc) is 3.58. The van der Waals surface area contributed by atoms with Crippen LogP contribution in [0.15, 0.2) is 70.3 Å². The molecule has 10 atom stereocenters. The van der Waals surface area contributed by atoms with Gasteiger partial charge in [0, 0.05) is 25.7 Å². The van der Waals surface area contributed by atoms with Gasteiger partial charge in [0.2, 0.25) is 23.6 Å². The van der Waals surface area contributed by atoms with Crippen molar-refractivity contribution in [2.45, 2.75) is 86.1 Å². The van der Waals surface area contributed by atoms with Crippen LogP contribution in [0, 0.1) is 35.5 Å². The number of nitrogens with one attached hydrogen (secondary N) is 2. The lowest BCUT2D eigenvalue weighted by molar-refractivity contribution is -0.162. The van der Waals surface area contributed by atoms with Gasteiger partial charge in [-0.2, -0.15) is 0 Å². The molecule has 0 unspecified atom stereocenters. The van der Waals surface area contributed by atoms with Gasteiger partial charge in [-0.1, -0.05) is 56.2 Å². The van der Waals surface area contributed by atoms with Gasteiger partial charge in [0.15, 0.2) is 0 Å². The lowest BCUT2D eigenvalue weighted by Crippen LogP contribution is -2.50. The third-order valence-electron chi connectivity index (χ3n) is 12.3. The fraction of sp³-hybridized carbons (Fsp3) is 0.550. The molecule has 14 heteroatoms. The van der Waals surface area contributed by atoms with Crippen LogP contribution in [0.5, 0.6) is 0 Å². The normalized spacial score (nSPS) is 42.1. The van der Waals surface area contributed by atoms with Crippen LogP contribution in [0.1, 0.15) is 65.2 Å². The van der Waals surface area contributed by atoms with E-state index in [0.717, 1.165) is 48.0 Å². The second-order valence-corrected chi connectivity index (χ2v) is 17.2. The first-order valence-corrected chi connectivity index (χ1v) is 20.3. The van der Waals surface area contributed by atoms with Crippen molar-refractivity contribution in [1.29, 1.82) is 0 Å². The molecule has 4 amide bonds. The van der Waals surface area contributed by atoms with Crippen LogP contribution >= 0.6 is 31.9 Å². The van der Waals surface area contributed by atoms with Crippen LogP contribution in [0.4, 0.5) is 0 Å². The van der Waals surface area contributed by atoms with Crippen molar-refractivity contribution in [1.82, 2.24) is 10.6 Å². The van der Waals surface area contributed by atoms with E-state index in [-0.39, 0.29) is 57.1 Å². The van der Waals surface area contributed by atoms with Crippen molar-refractivity contribution in [3.63, 3.8) is 0 Å². The maximum absolute atomic E-state index is 12.6. The number of hydrogen-bond donors (Lipinski definition) is 2. The first kappa shape index (κ1) is 38.5. The zero-order valence-electron chi connectivity index (χ0n) is 30.6. The molecule has 12 nitrogen and oxygen atoms in total. The molecule has 4 fully saturated rings. The van der Waals surface area contributed by atoms with Crippen LogP contribution in [0.3, 0.4) is 0 Å². The Kier molecular flexibility index (Phi) is 10.5. The van der Waals surface area contributed by atoms with E-state index >= 15 is 0 Å².